The monoisotopic (exact) mass is 395 g/mol. The van der Waals surface area contributed by atoms with E-state index in [-0.39, 0.29) is 16.9 Å². The summed E-state index contributed by atoms with van der Waals surface area (Å²) in [6, 6.07) is 8.82. The second kappa shape index (κ2) is 8.01. The predicted molar refractivity (Wildman–Crippen MR) is 105 cm³/mol. The van der Waals surface area contributed by atoms with Gasteiger partial charge in [0.25, 0.3) is 11.5 Å². The van der Waals surface area contributed by atoms with E-state index >= 15 is 0 Å². The van der Waals surface area contributed by atoms with Gasteiger partial charge in [-0.05, 0) is 24.6 Å². The lowest BCUT2D eigenvalue weighted by atomic mass is 10.2. The van der Waals surface area contributed by atoms with Crippen molar-refractivity contribution < 1.29 is 13.9 Å². The number of aryl methyl sites for hydroxylation is 1. The van der Waals surface area contributed by atoms with Crippen LogP contribution in [0.2, 0.25) is 0 Å². The van der Waals surface area contributed by atoms with Crippen molar-refractivity contribution in [2.24, 2.45) is 0 Å². The molecule has 0 radical (unpaired) electrons. The van der Waals surface area contributed by atoms with Gasteiger partial charge in [0, 0.05) is 37.3 Å². The molecule has 0 atom stereocenters. The number of H-pyrrole nitrogens is 1. The molecule has 9 heteroatoms. The molecular weight excluding hydrogens is 377 g/mol. The van der Waals surface area contributed by atoms with Crippen LogP contribution in [0.15, 0.2) is 66.1 Å². The molecule has 0 aliphatic carbocycles. The van der Waals surface area contributed by atoms with E-state index in [1.165, 1.54) is 28.8 Å². The quantitative estimate of drug-likeness (QED) is 0.471. The number of rotatable bonds is 7. The number of ether oxygens (including phenoxy) is 1. The minimum Gasteiger partial charge on any atom is -0.493 e. The molecule has 0 spiro atoms. The van der Waals surface area contributed by atoms with E-state index in [0.29, 0.717) is 18.0 Å². The average Bonchev–Trinajstić information content (AvgIpc) is 3.37. The molecule has 0 saturated carbocycles. The number of aromatic nitrogens is 4. The van der Waals surface area contributed by atoms with Gasteiger partial charge in [-0.15, -0.1) is 0 Å². The van der Waals surface area contributed by atoms with Crippen molar-refractivity contribution in [1.29, 1.82) is 0 Å². The topological polar surface area (TPSA) is 93.4 Å². The number of hydrogen-bond donors (Lipinski definition) is 2. The molecule has 8 nitrogen and oxygen atoms in total. The number of pyridine rings is 1. The highest BCUT2D eigenvalue weighted by Gasteiger charge is 2.15. The zero-order valence-corrected chi connectivity index (χ0v) is 15.3. The Bertz CT molecular complexity index is 1200. The summed E-state index contributed by atoms with van der Waals surface area (Å²) in [5, 5.41) is 2.49. The van der Waals surface area contributed by atoms with Gasteiger partial charge < -0.3 is 19.6 Å². The summed E-state index contributed by atoms with van der Waals surface area (Å²) < 4.78 is 23.1. The lowest BCUT2D eigenvalue weighted by Crippen LogP contribution is -2.21. The second-order valence-corrected chi connectivity index (χ2v) is 6.36. The number of carbonyl (C=O) groups is 1. The Morgan fingerprint density at radius 3 is 2.97 bits per heavy atom. The average molecular weight is 395 g/mol. The van der Waals surface area contributed by atoms with E-state index in [1.54, 1.807) is 30.7 Å². The first-order valence-corrected chi connectivity index (χ1v) is 9.00. The smallest absolute Gasteiger partial charge is 0.274 e. The van der Waals surface area contributed by atoms with Crippen LogP contribution >= 0.6 is 0 Å². The van der Waals surface area contributed by atoms with Crippen LogP contribution in [-0.2, 0) is 6.54 Å². The van der Waals surface area contributed by atoms with Gasteiger partial charge in [0.15, 0.2) is 0 Å². The highest BCUT2D eigenvalue weighted by Crippen LogP contribution is 2.21. The molecule has 4 rings (SSSR count). The Balaban J connectivity index is 1.40. The molecule has 0 bridgehead atoms. The Kier molecular flexibility index (Phi) is 5.10. The number of imidazole rings is 2. The SMILES string of the molecule is O=C(Nc1ccc(OCCCn2ccnc2)cc1F)c1c[nH]c2cccc(=O)n12. The predicted octanol–water partition coefficient (Wildman–Crippen LogP) is 2.68. The third-order valence-electron chi connectivity index (χ3n) is 4.36. The first-order chi connectivity index (χ1) is 14.1. The Morgan fingerprint density at radius 1 is 1.28 bits per heavy atom. The fourth-order valence-electron chi connectivity index (χ4n) is 2.95. The van der Waals surface area contributed by atoms with Crippen molar-refractivity contribution in [2.45, 2.75) is 13.0 Å². The molecule has 0 fully saturated rings. The van der Waals surface area contributed by atoms with E-state index in [0.717, 1.165) is 13.0 Å². The molecule has 29 heavy (non-hydrogen) atoms. The van der Waals surface area contributed by atoms with Crippen LogP contribution < -0.4 is 15.6 Å². The van der Waals surface area contributed by atoms with Gasteiger partial charge in [-0.2, -0.15) is 0 Å². The number of nitrogens with zero attached hydrogens (tertiary/aromatic N) is 3. The zero-order chi connectivity index (χ0) is 20.2. The molecule has 0 aliphatic rings. The Morgan fingerprint density at radius 2 is 2.17 bits per heavy atom. The summed E-state index contributed by atoms with van der Waals surface area (Å²) in [6.45, 7) is 1.17. The molecule has 0 unspecified atom stereocenters. The number of nitrogens with one attached hydrogen (secondary N) is 2. The minimum absolute atomic E-state index is 0.000837. The highest BCUT2D eigenvalue weighted by molar-refractivity contribution is 6.03. The zero-order valence-electron chi connectivity index (χ0n) is 15.3. The van der Waals surface area contributed by atoms with Gasteiger partial charge in [-0.1, -0.05) is 6.07 Å². The van der Waals surface area contributed by atoms with Crippen LogP contribution in [0, 0.1) is 5.82 Å². The molecule has 0 aliphatic heterocycles. The van der Waals surface area contributed by atoms with Crippen molar-refractivity contribution in [3.05, 3.63) is 83.2 Å². The van der Waals surface area contributed by atoms with E-state index in [2.05, 4.69) is 15.3 Å². The number of halogens is 1. The molecule has 3 heterocycles. The highest BCUT2D eigenvalue weighted by atomic mass is 19.1. The molecular formula is C20H18FN5O3. The van der Waals surface area contributed by atoms with Crippen molar-refractivity contribution >= 4 is 17.2 Å². The van der Waals surface area contributed by atoms with Crippen molar-refractivity contribution in [1.82, 2.24) is 18.9 Å². The molecule has 4 aromatic rings. The molecule has 3 aromatic heterocycles. The van der Waals surface area contributed by atoms with Gasteiger partial charge in [-0.25, -0.2) is 9.37 Å². The largest absolute Gasteiger partial charge is 0.493 e. The van der Waals surface area contributed by atoms with Crippen molar-refractivity contribution in [3.8, 4) is 5.75 Å². The first kappa shape index (κ1) is 18.5. The Hall–Kier alpha value is -3.88. The number of anilines is 1. The Labute approximate surface area is 164 Å². The van der Waals surface area contributed by atoms with Gasteiger partial charge in [0.2, 0.25) is 0 Å². The van der Waals surface area contributed by atoms with Gasteiger partial charge in [-0.3, -0.25) is 14.0 Å². The maximum absolute atomic E-state index is 14.4. The molecule has 2 N–H and O–H groups in total. The van der Waals surface area contributed by atoms with Gasteiger partial charge in [0.05, 0.1) is 18.6 Å². The van der Waals surface area contributed by atoms with E-state index in [9.17, 15) is 14.0 Å². The molecule has 1 amide bonds. The first-order valence-electron chi connectivity index (χ1n) is 9.00. The summed E-state index contributed by atoms with van der Waals surface area (Å²) in [4.78, 5) is 31.3. The lowest BCUT2D eigenvalue weighted by molar-refractivity contribution is 0.102. The number of fused-ring (bicyclic) bond motifs is 1. The van der Waals surface area contributed by atoms with Crippen LogP contribution in [0.5, 0.6) is 5.75 Å². The van der Waals surface area contributed by atoms with Crippen LogP contribution in [0.25, 0.3) is 5.65 Å². The maximum atomic E-state index is 14.4. The van der Waals surface area contributed by atoms with Crippen molar-refractivity contribution in [3.63, 3.8) is 0 Å². The third kappa shape index (κ3) is 4.03. The summed E-state index contributed by atoms with van der Waals surface area (Å²) in [5.74, 6) is -0.857. The van der Waals surface area contributed by atoms with E-state index < -0.39 is 11.7 Å². The number of aromatic amines is 1. The minimum atomic E-state index is -0.627. The molecule has 0 saturated heterocycles. The second-order valence-electron chi connectivity index (χ2n) is 6.36. The van der Waals surface area contributed by atoms with Crippen LogP contribution in [0.3, 0.4) is 0 Å². The fourth-order valence-corrected chi connectivity index (χ4v) is 2.95. The standard InChI is InChI=1S/C20H18FN5O3/c21-15-11-14(29-10-2-8-25-9-7-22-13-25)5-6-16(15)24-20(28)17-12-23-18-3-1-4-19(27)26(17)18/h1,3-7,9,11-13,23H,2,8,10H2,(H,24,28). The van der Waals surface area contributed by atoms with Crippen molar-refractivity contribution in [2.75, 3.05) is 11.9 Å². The van der Waals surface area contributed by atoms with Crippen LogP contribution in [-0.4, -0.2) is 31.4 Å². The van der Waals surface area contributed by atoms with Gasteiger partial charge in [0.1, 0.15) is 22.9 Å². The molecule has 148 valence electrons. The number of benzene rings is 1. The van der Waals surface area contributed by atoms with Crippen LogP contribution in [0.4, 0.5) is 10.1 Å². The van der Waals surface area contributed by atoms with E-state index in [4.69, 9.17) is 4.74 Å². The molecule has 1 aromatic carbocycles. The fraction of sp³-hybridized carbons (Fsp3) is 0.150. The summed E-state index contributed by atoms with van der Waals surface area (Å²) in [5.41, 5.74) is 0.209. The number of carbonyl (C=O) groups excluding carboxylic acids is 1. The number of hydrogen-bond acceptors (Lipinski definition) is 4. The summed E-state index contributed by atoms with van der Waals surface area (Å²) in [7, 11) is 0. The summed E-state index contributed by atoms with van der Waals surface area (Å²) in [6.07, 6.45) is 7.43. The third-order valence-corrected chi connectivity index (χ3v) is 4.36. The number of amides is 1. The maximum Gasteiger partial charge on any atom is 0.274 e. The van der Waals surface area contributed by atoms with Gasteiger partial charge >= 0.3 is 0 Å². The normalized spacial score (nSPS) is 10.9. The van der Waals surface area contributed by atoms with E-state index in [1.807, 2.05) is 10.8 Å². The lowest BCUT2D eigenvalue weighted by Gasteiger charge is -2.10. The summed E-state index contributed by atoms with van der Waals surface area (Å²) >= 11 is 0. The van der Waals surface area contributed by atoms with Crippen LogP contribution in [0.1, 0.15) is 16.9 Å².